The highest BCUT2D eigenvalue weighted by molar-refractivity contribution is 5.55. The Morgan fingerprint density at radius 3 is 2.81 bits per heavy atom. The first-order chi connectivity index (χ1) is 10.2. The molecular weight excluding hydrogens is 264 g/mol. The van der Waals surface area contributed by atoms with Crippen molar-refractivity contribution in [2.24, 2.45) is 5.84 Å². The van der Waals surface area contributed by atoms with Crippen molar-refractivity contribution < 1.29 is 0 Å². The van der Waals surface area contributed by atoms with Gasteiger partial charge in [-0.1, -0.05) is 6.07 Å². The fraction of sp³-hybridized carbons (Fsp3) is 0.333. The fourth-order valence-corrected chi connectivity index (χ4v) is 2.46. The molecule has 3 aromatic rings. The van der Waals surface area contributed by atoms with E-state index in [1.54, 1.807) is 0 Å². The molecule has 1 unspecified atom stereocenters. The van der Waals surface area contributed by atoms with Crippen LogP contribution in [0.2, 0.25) is 0 Å². The molecule has 0 bridgehead atoms. The molecule has 6 nitrogen and oxygen atoms in total. The lowest BCUT2D eigenvalue weighted by atomic mass is 10.0. The third kappa shape index (κ3) is 2.68. The van der Waals surface area contributed by atoms with Gasteiger partial charge in [-0.15, -0.1) is 0 Å². The van der Waals surface area contributed by atoms with Crippen LogP contribution in [0, 0.1) is 0 Å². The predicted octanol–water partition coefficient (Wildman–Crippen LogP) is 1.86. The Morgan fingerprint density at radius 2 is 2.10 bits per heavy atom. The SMILES string of the molecule is CC(C)n1ccc(CC(NN)c2cnn3ccccc23)n1. The number of rotatable bonds is 5. The van der Waals surface area contributed by atoms with Crippen molar-refractivity contribution in [1.82, 2.24) is 24.8 Å². The van der Waals surface area contributed by atoms with Crippen molar-refractivity contribution in [2.45, 2.75) is 32.4 Å². The first-order valence-electron chi connectivity index (χ1n) is 7.11. The van der Waals surface area contributed by atoms with E-state index in [4.69, 9.17) is 5.84 Å². The first-order valence-corrected chi connectivity index (χ1v) is 7.11. The number of aromatic nitrogens is 4. The average Bonchev–Trinajstić information content (AvgIpc) is 3.11. The standard InChI is InChI=1S/C15H20N6/c1-11(2)20-8-6-12(19-20)9-14(18-16)13-10-17-21-7-4-3-5-15(13)21/h3-8,10-11,14,18H,9,16H2,1-2H3. The Morgan fingerprint density at radius 1 is 1.24 bits per heavy atom. The summed E-state index contributed by atoms with van der Waals surface area (Å²) in [6.07, 6.45) is 6.52. The van der Waals surface area contributed by atoms with E-state index in [1.807, 2.05) is 52.1 Å². The van der Waals surface area contributed by atoms with Gasteiger partial charge in [0.25, 0.3) is 0 Å². The molecule has 0 aliphatic heterocycles. The Bertz CT molecular complexity index is 726. The van der Waals surface area contributed by atoms with E-state index >= 15 is 0 Å². The third-order valence-electron chi connectivity index (χ3n) is 3.64. The van der Waals surface area contributed by atoms with E-state index in [2.05, 4.69) is 29.5 Å². The smallest absolute Gasteiger partial charge is 0.0710 e. The van der Waals surface area contributed by atoms with Crippen LogP contribution in [0.5, 0.6) is 0 Å². The van der Waals surface area contributed by atoms with Gasteiger partial charge < -0.3 is 0 Å². The van der Waals surface area contributed by atoms with Crippen LogP contribution < -0.4 is 11.3 Å². The second-order valence-corrected chi connectivity index (χ2v) is 5.43. The monoisotopic (exact) mass is 284 g/mol. The Labute approximate surface area is 123 Å². The van der Waals surface area contributed by atoms with Gasteiger partial charge in [0.05, 0.1) is 23.4 Å². The lowest BCUT2D eigenvalue weighted by molar-refractivity contribution is 0.508. The van der Waals surface area contributed by atoms with Crippen molar-refractivity contribution in [2.75, 3.05) is 0 Å². The molecule has 0 aromatic carbocycles. The number of nitrogens with one attached hydrogen (secondary N) is 1. The number of hydrogen-bond donors (Lipinski definition) is 2. The third-order valence-corrected chi connectivity index (χ3v) is 3.64. The molecule has 6 heteroatoms. The highest BCUT2D eigenvalue weighted by atomic mass is 15.3. The molecule has 1 atom stereocenters. The van der Waals surface area contributed by atoms with Crippen LogP contribution in [0.15, 0.2) is 42.9 Å². The minimum Gasteiger partial charge on any atom is -0.271 e. The number of nitrogens with two attached hydrogens (primary N) is 1. The summed E-state index contributed by atoms with van der Waals surface area (Å²) in [5, 5.41) is 8.94. The first kappa shape index (κ1) is 13.8. The van der Waals surface area contributed by atoms with E-state index in [0.29, 0.717) is 6.04 Å². The van der Waals surface area contributed by atoms with Crippen LogP contribution >= 0.6 is 0 Å². The van der Waals surface area contributed by atoms with E-state index in [9.17, 15) is 0 Å². The molecule has 21 heavy (non-hydrogen) atoms. The Hall–Kier alpha value is -2.18. The summed E-state index contributed by atoms with van der Waals surface area (Å²) in [7, 11) is 0. The number of fused-ring (bicyclic) bond motifs is 1. The normalized spacial score (nSPS) is 13.1. The van der Waals surface area contributed by atoms with Gasteiger partial charge in [-0.05, 0) is 32.0 Å². The number of nitrogens with zero attached hydrogens (tertiary/aromatic N) is 4. The zero-order chi connectivity index (χ0) is 14.8. The maximum atomic E-state index is 5.75. The predicted molar refractivity (Wildman–Crippen MR) is 81.6 cm³/mol. The van der Waals surface area contributed by atoms with Crippen LogP contribution in [0.3, 0.4) is 0 Å². The van der Waals surface area contributed by atoms with Crippen molar-refractivity contribution in [3.63, 3.8) is 0 Å². The molecule has 0 spiro atoms. The van der Waals surface area contributed by atoms with Gasteiger partial charge in [0, 0.05) is 30.4 Å². The summed E-state index contributed by atoms with van der Waals surface area (Å²) in [5.74, 6) is 5.75. The van der Waals surface area contributed by atoms with Crippen LogP contribution in [-0.4, -0.2) is 19.4 Å². The van der Waals surface area contributed by atoms with Crippen molar-refractivity contribution in [3.05, 3.63) is 54.1 Å². The Balaban J connectivity index is 1.87. The van der Waals surface area contributed by atoms with Crippen LogP contribution in [-0.2, 0) is 6.42 Å². The highest BCUT2D eigenvalue weighted by Crippen LogP contribution is 2.21. The second-order valence-electron chi connectivity index (χ2n) is 5.43. The molecular formula is C15H20N6. The van der Waals surface area contributed by atoms with Crippen LogP contribution in [0.1, 0.15) is 37.2 Å². The quantitative estimate of drug-likeness (QED) is 0.554. The molecule has 0 amide bonds. The molecule has 0 radical (unpaired) electrons. The summed E-state index contributed by atoms with van der Waals surface area (Å²) in [6.45, 7) is 4.22. The lowest BCUT2D eigenvalue weighted by Gasteiger charge is -2.13. The molecule has 3 rings (SSSR count). The van der Waals surface area contributed by atoms with Crippen molar-refractivity contribution in [3.8, 4) is 0 Å². The summed E-state index contributed by atoms with van der Waals surface area (Å²) >= 11 is 0. The minimum absolute atomic E-state index is 0.0135. The van der Waals surface area contributed by atoms with E-state index < -0.39 is 0 Å². The van der Waals surface area contributed by atoms with Gasteiger partial charge >= 0.3 is 0 Å². The molecule has 3 aromatic heterocycles. The van der Waals surface area contributed by atoms with Gasteiger partial charge in [0.1, 0.15) is 0 Å². The molecule has 0 saturated carbocycles. The number of hydrogen-bond acceptors (Lipinski definition) is 4. The molecule has 0 aliphatic rings. The fourth-order valence-electron chi connectivity index (χ4n) is 2.46. The topological polar surface area (TPSA) is 73.2 Å². The number of pyridine rings is 1. The highest BCUT2D eigenvalue weighted by Gasteiger charge is 2.17. The van der Waals surface area contributed by atoms with E-state index in [1.165, 1.54) is 0 Å². The zero-order valence-electron chi connectivity index (χ0n) is 12.3. The van der Waals surface area contributed by atoms with Gasteiger partial charge in [-0.2, -0.15) is 10.2 Å². The summed E-state index contributed by atoms with van der Waals surface area (Å²) in [4.78, 5) is 0. The van der Waals surface area contributed by atoms with Gasteiger partial charge in [0.15, 0.2) is 0 Å². The molecule has 3 heterocycles. The van der Waals surface area contributed by atoms with Crippen molar-refractivity contribution >= 4 is 5.52 Å². The maximum absolute atomic E-state index is 5.75. The van der Waals surface area contributed by atoms with E-state index in [0.717, 1.165) is 23.2 Å². The summed E-state index contributed by atoms with van der Waals surface area (Å²) < 4.78 is 3.81. The maximum Gasteiger partial charge on any atom is 0.0710 e. The summed E-state index contributed by atoms with van der Waals surface area (Å²) in [5.41, 5.74) is 6.04. The van der Waals surface area contributed by atoms with Crippen LogP contribution in [0.4, 0.5) is 0 Å². The molecule has 0 fully saturated rings. The second kappa shape index (κ2) is 5.67. The number of hydrazine groups is 1. The van der Waals surface area contributed by atoms with Gasteiger partial charge in [-0.3, -0.25) is 16.0 Å². The molecule has 0 aliphatic carbocycles. The van der Waals surface area contributed by atoms with Gasteiger partial charge in [-0.25, -0.2) is 4.52 Å². The lowest BCUT2D eigenvalue weighted by Crippen LogP contribution is -2.29. The van der Waals surface area contributed by atoms with Crippen LogP contribution in [0.25, 0.3) is 5.52 Å². The Kier molecular flexibility index (Phi) is 3.72. The van der Waals surface area contributed by atoms with E-state index in [-0.39, 0.29) is 6.04 Å². The van der Waals surface area contributed by atoms with Gasteiger partial charge in [0.2, 0.25) is 0 Å². The zero-order valence-corrected chi connectivity index (χ0v) is 12.3. The molecule has 0 saturated heterocycles. The molecule has 110 valence electrons. The van der Waals surface area contributed by atoms with Crippen molar-refractivity contribution in [1.29, 1.82) is 0 Å². The largest absolute Gasteiger partial charge is 0.271 e. The molecule has 3 N–H and O–H groups in total. The summed E-state index contributed by atoms with van der Waals surface area (Å²) in [6, 6.07) is 8.39. The minimum atomic E-state index is -0.0135. The average molecular weight is 284 g/mol.